The molecule has 0 fully saturated rings. The second-order valence-electron chi connectivity index (χ2n) is 3.99. The lowest BCUT2D eigenvalue weighted by Crippen LogP contribution is -3.00. The Morgan fingerprint density at radius 3 is 2.40 bits per heavy atom. The topological polar surface area (TPSA) is 26.3 Å². The first-order valence-corrected chi connectivity index (χ1v) is 5.00. The molecule has 3 nitrogen and oxygen atoms in total. The summed E-state index contributed by atoms with van der Waals surface area (Å²) in [6.45, 7) is 3.32. The van der Waals surface area contributed by atoms with E-state index in [1.165, 1.54) is 0 Å². The molecule has 0 aromatic carbocycles. The second kappa shape index (κ2) is 9.07. The fraction of sp³-hybridized carbons (Fsp3) is 0.900. The summed E-state index contributed by atoms with van der Waals surface area (Å²) < 4.78 is 17.9. The maximum Gasteiger partial charge on any atom is 0.148 e. The molecule has 92 valence electrons. The Labute approximate surface area is 97.6 Å². The first-order valence-electron chi connectivity index (χ1n) is 5.00. The highest BCUT2D eigenvalue weighted by Crippen LogP contribution is 2.03. The molecule has 0 heterocycles. The van der Waals surface area contributed by atoms with E-state index in [4.69, 9.17) is 4.74 Å². The fourth-order valence-corrected chi connectivity index (χ4v) is 1.22. The minimum atomic E-state index is -0.336. The summed E-state index contributed by atoms with van der Waals surface area (Å²) in [4.78, 5) is 10.6. The Kier molecular flexibility index (Phi) is 10.4. The minimum Gasteiger partial charge on any atom is -1.00 e. The van der Waals surface area contributed by atoms with Crippen LogP contribution >= 0.6 is 0 Å². The van der Waals surface area contributed by atoms with E-state index < -0.39 is 0 Å². The van der Waals surface area contributed by atoms with Crippen molar-refractivity contribution in [3.05, 3.63) is 0 Å². The molecule has 1 atom stereocenters. The minimum absolute atomic E-state index is 0. The summed E-state index contributed by atoms with van der Waals surface area (Å²) in [5, 5.41) is 0. The molecule has 0 radical (unpaired) electrons. The summed E-state index contributed by atoms with van der Waals surface area (Å²) in [7, 11) is 3.90. The van der Waals surface area contributed by atoms with Crippen LogP contribution in [0.1, 0.15) is 13.3 Å². The number of hydrogen-bond acceptors (Lipinski definition) is 2. The van der Waals surface area contributed by atoms with E-state index in [0.717, 1.165) is 12.8 Å². The van der Waals surface area contributed by atoms with Gasteiger partial charge in [-0.3, -0.25) is 0 Å². The predicted octanol–water partition coefficient (Wildman–Crippen LogP) is -1.97. The average molecular weight is 242 g/mol. The molecule has 0 spiro atoms. The van der Waals surface area contributed by atoms with Crippen molar-refractivity contribution < 1.29 is 30.8 Å². The summed E-state index contributed by atoms with van der Waals surface area (Å²) >= 11 is 0. The van der Waals surface area contributed by atoms with Crippen LogP contribution in [0.5, 0.6) is 0 Å². The number of alkyl halides is 1. The summed E-state index contributed by atoms with van der Waals surface area (Å²) in [6.07, 6.45) is 1.14. The number of quaternary nitrogens is 1. The van der Waals surface area contributed by atoms with Crippen LogP contribution in [0.2, 0.25) is 0 Å². The quantitative estimate of drug-likeness (QED) is 0.364. The van der Waals surface area contributed by atoms with Crippen molar-refractivity contribution in [2.45, 2.75) is 19.4 Å². The number of hydrogen-bond donors (Lipinski definition) is 0. The molecule has 1 unspecified atom stereocenters. The second-order valence-corrected chi connectivity index (χ2v) is 3.99. The number of carbonyl (C=O) groups excluding carboxylic acids is 1. The van der Waals surface area contributed by atoms with Gasteiger partial charge in [-0.1, -0.05) is 0 Å². The van der Waals surface area contributed by atoms with Gasteiger partial charge in [0.1, 0.15) is 25.6 Å². The van der Waals surface area contributed by atoms with Crippen LogP contribution in [0.15, 0.2) is 0 Å². The van der Waals surface area contributed by atoms with Gasteiger partial charge in [-0.15, -0.1) is 0 Å². The zero-order valence-corrected chi connectivity index (χ0v) is 10.5. The van der Waals surface area contributed by atoms with Gasteiger partial charge in [0.25, 0.3) is 0 Å². The molecular formula is C10H21ClFNO2. The third kappa shape index (κ3) is 8.78. The van der Waals surface area contributed by atoms with Crippen LogP contribution in [0, 0.1) is 0 Å². The van der Waals surface area contributed by atoms with E-state index in [9.17, 15) is 9.18 Å². The third-order valence-electron chi connectivity index (χ3n) is 2.24. The van der Waals surface area contributed by atoms with Gasteiger partial charge in [-0.05, 0) is 6.92 Å². The molecule has 0 saturated heterocycles. The van der Waals surface area contributed by atoms with Crippen LogP contribution in [0.25, 0.3) is 0 Å². The van der Waals surface area contributed by atoms with Gasteiger partial charge in [-0.25, -0.2) is 4.39 Å². The smallest absolute Gasteiger partial charge is 0.148 e. The maximum atomic E-state index is 12.1. The molecule has 0 amide bonds. The van der Waals surface area contributed by atoms with Gasteiger partial charge in [0.05, 0.1) is 20.6 Å². The Morgan fingerprint density at radius 1 is 1.40 bits per heavy atom. The first-order chi connectivity index (χ1) is 6.55. The highest BCUT2D eigenvalue weighted by atomic mass is 35.5. The number of carbonyl (C=O) groups is 1. The molecule has 0 aromatic heterocycles. The van der Waals surface area contributed by atoms with Crippen LogP contribution < -0.4 is 12.4 Å². The third-order valence-corrected chi connectivity index (χ3v) is 2.24. The number of aldehydes is 1. The Balaban J connectivity index is 0. The normalized spacial score (nSPS) is 13.1. The standard InChI is InChI=1S/C10H21FNO2.ClH/c1-4-14-10(9-13)5-7-12(2,3)8-6-11;/h9-10H,4-8H2,1-3H3;1H/q+1;/p-1. The lowest BCUT2D eigenvalue weighted by atomic mass is 10.2. The predicted molar refractivity (Wildman–Crippen MR) is 53.9 cm³/mol. The van der Waals surface area contributed by atoms with Gasteiger partial charge in [-0.2, -0.15) is 0 Å². The van der Waals surface area contributed by atoms with Crippen LogP contribution in [0.3, 0.4) is 0 Å². The van der Waals surface area contributed by atoms with E-state index in [2.05, 4.69) is 0 Å². The van der Waals surface area contributed by atoms with Crippen molar-refractivity contribution in [1.29, 1.82) is 0 Å². The molecule has 0 aromatic rings. The maximum absolute atomic E-state index is 12.1. The van der Waals surface area contributed by atoms with Crippen LogP contribution in [0.4, 0.5) is 4.39 Å². The van der Waals surface area contributed by atoms with Crippen molar-refractivity contribution in [2.24, 2.45) is 0 Å². The zero-order chi connectivity index (χ0) is 11.0. The molecule has 0 aliphatic rings. The SMILES string of the molecule is CCOC(C=O)CC[N+](C)(C)CCF.[Cl-]. The Morgan fingerprint density at radius 2 is 2.00 bits per heavy atom. The van der Waals surface area contributed by atoms with Crippen molar-refractivity contribution >= 4 is 6.29 Å². The van der Waals surface area contributed by atoms with Crippen molar-refractivity contribution in [1.82, 2.24) is 0 Å². The van der Waals surface area contributed by atoms with E-state index in [0.29, 0.717) is 24.1 Å². The number of nitrogens with zero attached hydrogens (tertiary/aromatic N) is 1. The summed E-state index contributed by atoms with van der Waals surface area (Å²) in [5.41, 5.74) is 0. The Bertz CT molecular complexity index is 168. The monoisotopic (exact) mass is 241 g/mol. The molecule has 0 saturated carbocycles. The largest absolute Gasteiger partial charge is 1.00 e. The number of ether oxygens (including phenoxy) is 1. The molecule has 0 aliphatic carbocycles. The molecule has 15 heavy (non-hydrogen) atoms. The van der Waals surface area contributed by atoms with E-state index in [-0.39, 0.29) is 25.2 Å². The van der Waals surface area contributed by atoms with Crippen LogP contribution in [-0.4, -0.2) is 57.3 Å². The molecule has 0 rings (SSSR count). The highest BCUT2D eigenvalue weighted by Gasteiger charge is 2.17. The van der Waals surface area contributed by atoms with Gasteiger partial charge < -0.3 is 26.4 Å². The molecule has 0 aliphatic heterocycles. The van der Waals surface area contributed by atoms with Crippen molar-refractivity contribution in [3.8, 4) is 0 Å². The van der Waals surface area contributed by atoms with Crippen LogP contribution in [-0.2, 0) is 9.53 Å². The highest BCUT2D eigenvalue weighted by molar-refractivity contribution is 5.55. The van der Waals surface area contributed by atoms with E-state index in [1.807, 2.05) is 21.0 Å². The molecular weight excluding hydrogens is 221 g/mol. The fourth-order valence-electron chi connectivity index (χ4n) is 1.22. The Hall–Kier alpha value is -0.190. The zero-order valence-electron chi connectivity index (χ0n) is 9.71. The van der Waals surface area contributed by atoms with Gasteiger partial charge in [0.15, 0.2) is 0 Å². The summed E-state index contributed by atoms with van der Waals surface area (Å²) in [5.74, 6) is 0. The summed E-state index contributed by atoms with van der Waals surface area (Å²) in [6, 6.07) is 0. The van der Waals surface area contributed by atoms with Gasteiger partial charge in [0.2, 0.25) is 0 Å². The van der Waals surface area contributed by atoms with Crippen molar-refractivity contribution in [2.75, 3.05) is 40.5 Å². The van der Waals surface area contributed by atoms with Crippen molar-refractivity contribution in [3.63, 3.8) is 0 Å². The van der Waals surface area contributed by atoms with Gasteiger partial charge in [0, 0.05) is 13.0 Å². The average Bonchev–Trinajstić information content (AvgIpc) is 2.12. The molecule has 5 heteroatoms. The number of halogens is 2. The van der Waals surface area contributed by atoms with E-state index in [1.54, 1.807) is 0 Å². The van der Waals surface area contributed by atoms with E-state index >= 15 is 0 Å². The lowest BCUT2D eigenvalue weighted by molar-refractivity contribution is -0.890. The lowest BCUT2D eigenvalue weighted by Gasteiger charge is -2.29. The number of rotatable bonds is 8. The molecule has 0 bridgehead atoms. The molecule has 0 N–H and O–H groups in total. The first kappa shape index (κ1) is 17.2. The van der Waals surface area contributed by atoms with Gasteiger partial charge >= 0.3 is 0 Å².